The fourth-order valence-corrected chi connectivity index (χ4v) is 4.11. The van der Waals surface area contributed by atoms with Crippen molar-refractivity contribution in [3.63, 3.8) is 0 Å². The summed E-state index contributed by atoms with van der Waals surface area (Å²) < 4.78 is 0. The zero-order chi connectivity index (χ0) is 18.6. The van der Waals surface area contributed by atoms with Crippen molar-refractivity contribution in [3.05, 3.63) is 62.5 Å². The number of hydrogen-bond acceptors (Lipinski definition) is 5. The fraction of sp³-hybridized carbons (Fsp3) is 0.368. The number of benzene rings is 1. The second-order valence-corrected chi connectivity index (χ2v) is 7.85. The standard InChI is InChI=1S/C19H20N4O3/c1-10-15-16(11-5-4-6-12(7-11)23(25)26)17-13(20-18(15)22-21-10)8-19(2,3)9-14(17)24/h4-7,16H,8-9H2,1-3H3,(H2,20,21,22). The van der Waals surface area contributed by atoms with Crippen LogP contribution in [0.3, 0.4) is 0 Å². The first kappa shape index (κ1) is 16.5. The number of nitro benzene ring substituents is 1. The molecule has 0 amide bonds. The lowest BCUT2D eigenvalue weighted by Crippen LogP contribution is -2.33. The maximum atomic E-state index is 13.0. The van der Waals surface area contributed by atoms with Crippen LogP contribution in [0.5, 0.6) is 0 Å². The molecule has 1 aromatic carbocycles. The molecule has 1 aliphatic heterocycles. The molecule has 7 nitrogen and oxygen atoms in total. The van der Waals surface area contributed by atoms with E-state index in [0.29, 0.717) is 17.8 Å². The molecule has 0 bridgehead atoms. The SMILES string of the molecule is Cc1[nH]nc2c1C(c1cccc([N+](=O)[O-])c1)C1=C(CC(C)(C)CC1=O)N2. The third-order valence-electron chi connectivity index (χ3n) is 5.18. The van der Waals surface area contributed by atoms with Crippen molar-refractivity contribution in [3.8, 4) is 0 Å². The molecule has 1 unspecified atom stereocenters. The number of Topliss-reactive ketones (excluding diaryl/α,β-unsaturated/α-hetero) is 1. The number of nitrogens with one attached hydrogen (secondary N) is 2. The second kappa shape index (κ2) is 5.52. The van der Waals surface area contributed by atoms with E-state index in [1.807, 2.05) is 13.0 Å². The van der Waals surface area contributed by atoms with Gasteiger partial charge in [-0.05, 0) is 24.3 Å². The first-order valence-electron chi connectivity index (χ1n) is 8.59. The number of carbonyl (C=O) groups excluding carboxylic acids is 1. The van der Waals surface area contributed by atoms with Crippen molar-refractivity contribution in [2.45, 2.75) is 39.5 Å². The molecule has 2 aromatic rings. The lowest BCUT2D eigenvalue weighted by Gasteiger charge is -2.38. The number of carbonyl (C=O) groups is 1. The number of nitro groups is 1. The first-order valence-corrected chi connectivity index (χ1v) is 8.59. The summed E-state index contributed by atoms with van der Waals surface area (Å²) in [6.07, 6.45) is 1.20. The van der Waals surface area contributed by atoms with Gasteiger partial charge in [-0.25, -0.2) is 0 Å². The predicted molar refractivity (Wildman–Crippen MR) is 96.9 cm³/mol. The summed E-state index contributed by atoms with van der Waals surface area (Å²) in [7, 11) is 0. The quantitative estimate of drug-likeness (QED) is 0.632. The van der Waals surface area contributed by atoms with Gasteiger partial charge in [-0.1, -0.05) is 26.0 Å². The number of rotatable bonds is 2. The van der Waals surface area contributed by atoms with Gasteiger partial charge in [0.05, 0.1) is 4.92 Å². The molecule has 1 aromatic heterocycles. The zero-order valence-corrected chi connectivity index (χ0v) is 14.9. The molecular formula is C19H20N4O3. The van der Waals surface area contributed by atoms with E-state index in [0.717, 1.165) is 28.9 Å². The Hall–Kier alpha value is -2.96. The number of aromatic amines is 1. The van der Waals surface area contributed by atoms with Crippen LogP contribution in [0.25, 0.3) is 0 Å². The van der Waals surface area contributed by atoms with Crippen LogP contribution in [0.1, 0.15) is 49.4 Å². The van der Waals surface area contributed by atoms with Gasteiger partial charge in [0, 0.05) is 47.0 Å². The van der Waals surface area contributed by atoms with E-state index in [1.165, 1.54) is 6.07 Å². The first-order chi connectivity index (χ1) is 12.3. The highest BCUT2D eigenvalue weighted by Gasteiger charge is 2.42. The number of aromatic nitrogens is 2. The third kappa shape index (κ3) is 2.51. The van der Waals surface area contributed by atoms with Gasteiger partial charge in [-0.2, -0.15) is 5.10 Å². The second-order valence-electron chi connectivity index (χ2n) is 7.85. The monoisotopic (exact) mass is 352 g/mol. The van der Waals surface area contributed by atoms with E-state index in [2.05, 4.69) is 29.4 Å². The van der Waals surface area contributed by atoms with Crippen LogP contribution in [0.2, 0.25) is 0 Å². The van der Waals surface area contributed by atoms with Gasteiger partial charge in [0.15, 0.2) is 11.6 Å². The number of nitrogens with zero attached hydrogens (tertiary/aromatic N) is 2. The van der Waals surface area contributed by atoms with Gasteiger partial charge in [-0.3, -0.25) is 20.0 Å². The highest BCUT2D eigenvalue weighted by Crippen LogP contribution is 2.49. The van der Waals surface area contributed by atoms with Gasteiger partial charge >= 0.3 is 0 Å². The van der Waals surface area contributed by atoms with Gasteiger partial charge in [0.2, 0.25) is 0 Å². The lowest BCUT2D eigenvalue weighted by molar-refractivity contribution is -0.384. The number of H-pyrrole nitrogens is 1. The molecule has 26 heavy (non-hydrogen) atoms. The molecule has 134 valence electrons. The van der Waals surface area contributed by atoms with Gasteiger partial charge in [0.1, 0.15) is 0 Å². The minimum absolute atomic E-state index is 0.0227. The maximum absolute atomic E-state index is 13.0. The van der Waals surface area contributed by atoms with E-state index in [9.17, 15) is 14.9 Å². The van der Waals surface area contributed by atoms with E-state index in [-0.39, 0.29) is 22.8 Å². The molecule has 0 saturated carbocycles. The van der Waals surface area contributed by atoms with Crippen LogP contribution < -0.4 is 5.32 Å². The van der Waals surface area contributed by atoms with Crippen molar-refractivity contribution >= 4 is 17.3 Å². The predicted octanol–water partition coefficient (Wildman–Crippen LogP) is 3.83. The number of hydrogen-bond donors (Lipinski definition) is 2. The Kier molecular flexibility index (Phi) is 3.50. The van der Waals surface area contributed by atoms with Crippen molar-refractivity contribution in [2.24, 2.45) is 5.41 Å². The van der Waals surface area contributed by atoms with E-state index in [4.69, 9.17) is 0 Å². The molecule has 2 heterocycles. The number of fused-ring (bicyclic) bond motifs is 1. The minimum atomic E-state index is -0.408. The molecule has 1 aliphatic carbocycles. The van der Waals surface area contributed by atoms with Crippen molar-refractivity contribution < 1.29 is 9.72 Å². The number of allylic oxidation sites excluding steroid dienone is 2. The summed E-state index contributed by atoms with van der Waals surface area (Å²) in [4.78, 5) is 23.8. The topological polar surface area (TPSA) is 101 Å². The van der Waals surface area contributed by atoms with E-state index in [1.54, 1.807) is 12.1 Å². The van der Waals surface area contributed by atoms with Crippen LogP contribution in [-0.2, 0) is 4.79 Å². The molecule has 2 N–H and O–H groups in total. The highest BCUT2D eigenvalue weighted by molar-refractivity contribution is 6.01. The van der Waals surface area contributed by atoms with Crippen LogP contribution in [0, 0.1) is 22.5 Å². The minimum Gasteiger partial charge on any atom is -0.342 e. The van der Waals surface area contributed by atoms with Crippen molar-refractivity contribution in [1.29, 1.82) is 0 Å². The Morgan fingerprint density at radius 1 is 1.31 bits per heavy atom. The molecule has 7 heteroatoms. The zero-order valence-electron chi connectivity index (χ0n) is 14.9. The molecule has 0 spiro atoms. The summed E-state index contributed by atoms with van der Waals surface area (Å²) in [6.45, 7) is 6.05. The average molecular weight is 352 g/mol. The molecule has 0 radical (unpaired) electrons. The molecule has 0 saturated heterocycles. The van der Waals surface area contributed by atoms with Crippen LogP contribution in [0.4, 0.5) is 11.5 Å². The summed E-state index contributed by atoms with van der Waals surface area (Å²) >= 11 is 0. The van der Waals surface area contributed by atoms with Crippen LogP contribution >= 0.6 is 0 Å². The Bertz CT molecular complexity index is 971. The Morgan fingerprint density at radius 3 is 2.81 bits per heavy atom. The maximum Gasteiger partial charge on any atom is 0.269 e. The van der Waals surface area contributed by atoms with Crippen molar-refractivity contribution in [1.82, 2.24) is 10.2 Å². The van der Waals surface area contributed by atoms with Crippen LogP contribution in [0.15, 0.2) is 35.5 Å². The van der Waals surface area contributed by atoms with E-state index < -0.39 is 4.92 Å². The van der Waals surface area contributed by atoms with E-state index >= 15 is 0 Å². The summed E-state index contributed by atoms with van der Waals surface area (Å²) in [5, 5.41) is 21.9. The summed E-state index contributed by atoms with van der Waals surface area (Å²) in [5.74, 6) is 0.443. The van der Waals surface area contributed by atoms with Gasteiger partial charge in [-0.15, -0.1) is 0 Å². The Morgan fingerprint density at radius 2 is 2.08 bits per heavy atom. The Balaban J connectivity index is 1.94. The Labute approximate surface area is 150 Å². The number of anilines is 1. The largest absolute Gasteiger partial charge is 0.342 e. The molecule has 2 aliphatic rings. The highest BCUT2D eigenvalue weighted by atomic mass is 16.6. The van der Waals surface area contributed by atoms with Gasteiger partial charge in [0.25, 0.3) is 5.69 Å². The smallest absolute Gasteiger partial charge is 0.269 e. The molecular weight excluding hydrogens is 332 g/mol. The third-order valence-corrected chi connectivity index (χ3v) is 5.18. The molecule has 0 fully saturated rings. The molecule has 4 rings (SSSR count). The summed E-state index contributed by atoms with van der Waals surface area (Å²) in [5.41, 5.74) is 3.97. The van der Waals surface area contributed by atoms with Gasteiger partial charge < -0.3 is 5.32 Å². The summed E-state index contributed by atoms with van der Waals surface area (Å²) in [6, 6.07) is 6.54. The lowest BCUT2D eigenvalue weighted by atomic mass is 9.69. The number of ketones is 1. The average Bonchev–Trinajstić information content (AvgIpc) is 2.92. The van der Waals surface area contributed by atoms with Crippen LogP contribution in [-0.4, -0.2) is 20.9 Å². The fourth-order valence-electron chi connectivity index (χ4n) is 4.11. The number of non-ortho nitro benzene ring substituents is 1. The normalized spacial score (nSPS) is 21.0. The molecule has 1 atom stereocenters. The number of aryl methyl sites for hydroxylation is 1. The van der Waals surface area contributed by atoms with Crippen molar-refractivity contribution in [2.75, 3.05) is 5.32 Å².